The minimum atomic E-state index is 0.307. The van der Waals surface area contributed by atoms with E-state index in [9.17, 15) is 0 Å². The molecule has 0 unspecified atom stereocenters. The maximum Gasteiger partial charge on any atom is 0.0817 e. The topological polar surface area (TPSA) is 51.8 Å². The Kier molecular flexibility index (Phi) is 2.11. The zero-order valence-electron chi connectivity index (χ0n) is 6.99. The summed E-state index contributed by atoms with van der Waals surface area (Å²) >= 11 is 1.44. The van der Waals surface area contributed by atoms with Gasteiger partial charge in [-0.05, 0) is 37.3 Å². The van der Waals surface area contributed by atoms with Crippen molar-refractivity contribution in [2.75, 3.05) is 6.54 Å². The fourth-order valence-electron chi connectivity index (χ4n) is 1.91. The van der Waals surface area contributed by atoms with Crippen molar-refractivity contribution in [2.45, 2.75) is 31.1 Å². The molecule has 0 bridgehead atoms. The van der Waals surface area contributed by atoms with Gasteiger partial charge in [0.2, 0.25) is 0 Å². The number of nitrogens with zero attached hydrogens (tertiary/aromatic N) is 2. The normalized spacial score (nSPS) is 20.4. The van der Waals surface area contributed by atoms with E-state index < -0.39 is 0 Å². The molecule has 0 amide bonds. The molecule has 1 heterocycles. The largest absolute Gasteiger partial charge is 0.330 e. The zero-order valence-corrected chi connectivity index (χ0v) is 7.81. The molecular formula is C8H13N3S. The Morgan fingerprint density at radius 2 is 2.42 bits per heavy atom. The zero-order chi connectivity index (χ0) is 8.44. The van der Waals surface area contributed by atoms with E-state index in [1.807, 2.05) is 0 Å². The number of nitrogens with two attached hydrogens (primary N) is 1. The molecule has 2 rings (SSSR count). The van der Waals surface area contributed by atoms with Gasteiger partial charge in [0, 0.05) is 10.8 Å². The second kappa shape index (κ2) is 3.11. The minimum absolute atomic E-state index is 0.307. The quantitative estimate of drug-likeness (QED) is 0.768. The molecule has 1 aromatic heterocycles. The predicted octanol–water partition coefficient (Wildman–Crippen LogP) is 1.31. The van der Waals surface area contributed by atoms with E-state index in [0.717, 1.165) is 13.0 Å². The monoisotopic (exact) mass is 183 g/mol. The van der Waals surface area contributed by atoms with Gasteiger partial charge in [-0.3, -0.25) is 0 Å². The average Bonchev–Trinajstić information content (AvgIpc) is 2.48. The van der Waals surface area contributed by atoms with Crippen LogP contribution in [-0.2, 0) is 5.41 Å². The molecule has 0 aliphatic heterocycles. The van der Waals surface area contributed by atoms with Gasteiger partial charge in [0.15, 0.2) is 0 Å². The highest BCUT2D eigenvalue weighted by Gasteiger charge is 2.39. The van der Waals surface area contributed by atoms with Crippen molar-refractivity contribution in [2.24, 2.45) is 5.73 Å². The highest BCUT2D eigenvalue weighted by molar-refractivity contribution is 7.03. The lowest BCUT2D eigenvalue weighted by Gasteiger charge is -2.40. The van der Waals surface area contributed by atoms with Crippen LogP contribution < -0.4 is 5.73 Å². The minimum Gasteiger partial charge on any atom is -0.330 e. The molecule has 0 aromatic carbocycles. The van der Waals surface area contributed by atoms with E-state index in [1.165, 1.54) is 36.5 Å². The van der Waals surface area contributed by atoms with Gasteiger partial charge in [0.05, 0.1) is 5.69 Å². The lowest BCUT2D eigenvalue weighted by Crippen LogP contribution is -2.36. The Morgan fingerprint density at radius 1 is 1.58 bits per heavy atom. The second-order valence-corrected chi connectivity index (χ2v) is 4.07. The Balaban J connectivity index is 2.17. The molecule has 1 fully saturated rings. The van der Waals surface area contributed by atoms with E-state index in [1.54, 1.807) is 0 Å². The van der Waals surface area contributed by atoms with Crippen LogP contribution in [0.5, 0.6) is 0 Å². The summed E-state index contributed by atoms with van der Waals surface area (Å²) in [6.45, 7) is 0.761. The van der Waals surface area contributed by atoms with Crippen LogP contribution in [0.3, 0.4) is 0 Å². The first-order valence-electron chi connectivity index (χ1n) is 4.35. The van der Waals surface area contributed by atoms with Gasteiger partial charge < -0.3 is 5.73 Å². The van der Waals surface area contributed by atoms with Crippen LogP contribution in [0.25, 0.3) is 0 Å². The van der Waals surface area contributed by atoms with E-state index in [0.29, 0.717) is 5.41 Å². The molecule has 0 atom stereocenters. The number of aromatic nitrogens is 2. The van der Waals surface area contributed by atoms with E-state index in [4.69, 9.17) is 5.73 Å². The Morgan fingerprint density at radius 3 is 2.83 bits per heavy atom. The maximum absolute atomic E-state index is 5.59. The molecule has 3 nitrogen and oxygen atoms in total. The summed E-state index contributed by atoms with van der Waals surface area (Å²) in [6.07, 6.45) is 4.88. The van der Waals surface area contributed by atoms with Gasteiger partial charge in [0.25, 0.3) is 0 Å². The molecule has 66 valence electrons. The third-order valence-corrected chi connectivity index (χ3v) is 3.34. The van der Waals surface area contributed by atoms with Crippen LogP contribution in [0.1, 0.15) is 31.4 Å². The summed E-state index contributed by atoms with van der Waals surface area (Å²) in [5.74, 6) is 0. The van der Waals surface area contributed by atoms with Crippen molar-refractivity contribution in [3.05, 3.63) is 11.1 Å². The van der Waals surface area contributed by atoms with Gasteiger partial charge in [-0.2, -0.15) is 0 Å². The van der Waals surface area contributed by atoms with Crippen LogP contribution in [0.15, 0.2) is 5.38 Å². The summed E-state index contributed by atoms with van der Waals surface area (Å²) in [5, 5.41) is 6.21. The van der Waals surface area contributed by atoms with E-state index in [-0.39, 0.29) is 0 Å². The van der Waals surface area contributed by atoms with Gasteiger partial charge in [0.1, 0.15) is 0 Å². The van der Waals surface area contributed by atoms with Crippen LogP contribution in [-0.4, -0.2) is 16.1 Å². The van der Waals surface area contributed by atoms with Gasteiger partial charge in [-0.25, -0.2) is 0 Å². The summed E-state index contributed by atoms with van der Waals surface area (Å²) in [7, 11) is 0. The number of hydrogen-bond acceptors (Lipinski definition) is 4. The first-order valence-corrected chi connectivity index (χ1v) is 5.19. The van der Waals surface area contributed by atoms with Crippen molar-refractivity contribution in [1.29, 1.82) is 0 Å². The smallest absolute Gasteiger partial charge is 0.0817 e. The first-order chi connectivity index (χ1) is 5.87. The SMILES string of the molecule is NCCC1(c2csnn2)CCC1. The summed E-state index contributed by atoms with van der Waals surface area (Å²) < 4.78 is 3.90. The van der Waals surface area contributed by atoms with Crippen molar-refractivity contribution >= 4 is 11.5 Å². The van der Waals surface area contributed by atoms with Gasteiger partial charge >= 0.3 is 0 Å². The van der Waals surface area contributed by atoms with E-state index >= 15 is 0 Å². The van der Waals surface area contributed by atoms with Crippen LogP contribution in [0.2, 0.25) is 0 Å². The third-order valence-electron chi connectivity index (χ3n) is 2.84. The molecule has 0 saturated heterocycles. The molecule has 1 aliphatic rings. The third kappa shape index (κ3) is 1.15. The van der Waals surface area contributed by atoms with Gasteiger partial charge in [-0.1, -0.05) is 10.9 Å². The first kappa shape index (κ1) is 8.13. The van der Waals surface area contributed by atoms with Crippen molar-refractivity contribution < 1.29 is 0 Å². The summed E-state index contributed by atoms with van der Waals surface area (Å²) in [4.78, 5) is 0. The average molecular weight is 183 g/mol. The molecule has 1 aliphatic carbocycles. The van der Waals surface area contributed by atoms with Crippen LogP contribution >= 0.6 is 11.5 Å². The van der Waals surface area contributed by atoms with Crippen molar-refractivity contribution in [3.63, 3.8) is 0 Å². The molecule has 0 spiro atoms. The molecular weight excluding hydrogens is 170 g/mol. The summed E-state index contributed by atoms with van der Waals surface area (Å²) in [5.41, 5.74) is 7.06. The Labute approximate surface area is 76.1 Å². The summed E-state index contributed by atoms with van der Waals surface area (Å²) in [6, 6.07) is 0. The standard InChI is InChI=1S/C8H13N3S/c9-5-4-8(2-1-3-8)7-6-12-11-10-7/h6H,1-5,9H2. The van der Waals surface area contributed by atoms with E-state index in [2.05, 4.69) is 15.0 Å². The molecule has 2 N–H and O–H groups in total. The fraction of sp³-hybridized carbons (Fsp3) is 0.750. The van der Waals surface area contributed by atoms with Crippen molar-refractivity contribution in [1.82, 2.24) is 9.59 Å². The fourth-order valence-corrected chi connectivity index (χ4v) is 2.49. The lowest BCUT2D eigenvalue weighted by molar-refractivity contribution is 0.222. The van der Waals surface area contributed by atoms with Crippen LogP contribution in [0.4, 0.5) is 0 Å². The second-order valence-electron chi connectivity index (χ2n) is 3.46. The molecule has 4 heteroatoms. The molecule has 1 aromatic rings. The lowest BCUT2D eigenvalue weighted by atomic mass is 9.65. The molecule has 1 saturated carbocycles. The van der Waals surface area contributed by atoms with Gasteiger partial charge in [-0.15, -0.1) is 5.10 Å². The highest BCUT2D eigenvalue weighted by Crippen LogP contribution is 2.45. The highest BCUT2D eigenvalue weighted by atomic mass is 32.1. The molecule has 12 heavy (non-hydrogen) atoms. The number of hydrogen-bond donors (Lipinski definition) is 1. The van der Waals surface area contributed by atoms with Crippen LogP contribution in [0, 0.1) is 0 Å². The van der Waals surface area contributed by atoms with Crippen molar-refractivity contribution in [3.8, 4) is 0 Å². The Hall–Kier alpha value is -0.480. The maximum atomic E-state index is 5.59. The molecule has 0 radical (unpaired) electrons. The number of rotatable bonds is 3. The Bertz CT molecular complexity index is 241. The predicted molar refractivity (Wildman–Crippen MR) is 49.1 cm³/mol.